The molecule has 6 nitrogen and oxygen atoms in total. The molecule has 0 spiro atoms. The normalized spacial score (nSPS) is 12.7. The largest absolute Gasteiger partial charge is 0.389 e. The summed E-state index contributed by atoms with van der Waals surface area (Å²) in [6, 6.07) is 9.06. The van der Waals surface area contributed by atoms with Crippen LogP contribution in [-0.2, 0) is 0 Å². The lowest BCUT2D eigenvalue weighted by molar-refractivity contribution is 0.0879. The molecule has 3 N–H and O–H groups in total. The van der Waals surface area contributed by atoms with Crippen LogP contribution in [-0.4, -0.2) is 33.3 Å². The van der Waals surface area contributed by atoms with Gasteiger partial charge in [-0.25, -0.2) is 4.39 Å². The molecule has 0 saturated heterocycles. The van der Waals surface area contributed by atoms with E-state index in [0.717, 1.165) is 0 Å². The molecule has 3 aromatic rings. The Hall–Kier alpha value is -3.29. The number of carbonyl (C=O) groups is 1. The van der Waals surface area contributed by atoms with Gasteiger partial charge in [-0.3, -0.25) is 14.8 Å². The van der Waals surface area contributed by atoms with E-state index in [1.165, 1.54) is 37.5 Å². The quantitative estimate of drug-likeness (QED) is 0.494. The Bertz CT molecular complexity index is 1060. The third kappa shape index (κ3) is 5.00. The SMILES string of the molecule is C=Cc1cnc(-c2cc(Cl)ccc2F)cc1N[C@@H](NC(=O)c1cccnc1)[C@H](C)O. The van der Waals surface area contributed by atoms with Crippen LogP contribution in [0.4, 0.5) is 10.1 Å². The minimum Gasteiger partial charge on any atom is -0.389 e. The molecule has 30 heavy (non-hydrogen) atoms. The highest BCUT2D eigenvalue weighted by Crippen LogP contribution is 2.28. The van der Waals surface area contributed by atoms with Crippen LogP contribution in [0.15, 0.2) is 61.6 Å². The summed E-state index contributed by atoms with van der Waals surface area (Å²) in [5, 5.41) is 16.4. The first kappa shape index (κ1) is 21.4. The molecule has 0 bridgehead atoms. The molecule has 0 aliphatic rings. The van der Waals surface area contributed by atoms with Crippen molar-refractivity contribution in [3.05, 3.63) is 83.5 Å². The summed E-state index contributed by atoms with van der Waals surface area (Å²) >= 11 is 5.99. The number of anilines is 1. The van der Waals surface area contributed by atoms with Gasteiger partial charge in [0.1, 0.15) is 12.0 Å². The first-order valence-electron chi connectivity index (χ1n) is 9.12. The number of amides is 1. The molecule has 0 fully saturated rings. The van der Waals surface area contributed by atoms with Crippen molar-refractivity contribution in [1.82, 2.24) is 15.3 Å². The molecule has 154 valence electrons. The molecule has 2 aromatic heterocycles. The summed E-state index contributed by atoms with van der Waals surface area (Å²) in [5.41, 5.74) is 2.04. The van der Waals surface area contributed by atoms with Crippen LogP contribution in [0.5, 0.6) is 0 Å². The van der Waals surface area contributed by atoms with E-state index in [4.69, 9.17) is 11.6 Å². The molecule has 0 saturated carbocycles. The fourth-order valence-corrected chi connectivity index (χ4v) is 2.93. The van der Waals surface area contributed by atoms with E-state index in [9.17, 15) is 14.3 Å². The highest BCUT2D eigenvalue weighted by Gasteiger charge is 2.20. The molecule has 0 aliphatic heterocycles. The fraction of sp³-hybridized carbons (Fsp3) is 0.136. The maximum absolute atomic E-state index is 14.3. The van der Waals surface area contributed by atoms with E-state index < -0.39 is 24.0 Å². The second-order valence-corrected chi connectivity index (χ2v) is 7.00. The van der Waals surface area contributed by atoms with Crippen LogP contribution in [0.2, 0.25) is 5.02 Å². The average molecular weight is 427 g/mol. The number of benzene rings is 1. The third-order valence-corrected chi connectivity index (χ3v) is 4.60. The molecule has 8 heteroatoms. The Morgan fingerprint density at radius 1 is 1.30 bits per heavy atom. The predicted molar refractivity (Wildman–Crippen MR) is 116 cm³/mol. The summed E-state index contributed by atoms with van der Waals surface area (Å²) in [6.07, 6.45) is 4.29. The molecule has 1 amide bonds. The molecular formula is C22H20ClFN4O2. The number of aliphatic hydroxyl groups excluding tert-OH is 1. The number of nitrogens with zero attached hydrogens (tertiary/aromatic N) is 2. The van der Waals surface area contributed by atoms with Crippen molar-refractivity contribution < 1.29 is 14.3 Å². The first-order valence-corrected chi connectivity index (χ1v) is 9.50. The molecule has 0 radical (unpaired) electrons. The highest BCUT2D eigenvalue weighted by atomic mass is 35.5. The Morgan fingerprint density at radius 2 is 2.10 bits per heavy atom. The first-order chi connectivity index (χ1) is 14.4. The highest BCUT2D eigenvalue weighted by molar-refractivity contribution is 6.30. The van der Waals surface area contributed by atoms with Crippen LogP contribution in [0, 0.1) is 5.82 Å². The number of hydrogen-bond donors (Lipinski definition) is 3. The van der Waals surface area contributed by atoms with E-state index >= 15 is 0 Å². The maximum atomic E-state index is 14.3. The van der Waals surface area contributed by atoms with Crippen molar-refractivity contribution in [2.24, 2.45) is 0 Å². The molecule has 3 rings (SSSR count). The van der Waals surface area contributed by atoms with Gasteiger partial charge in [0.15, 0.2) is 0 Å². The van der Waals surface area contributed by atoms with E-state index in [-0.39, 0.29) is 5.56 Å². The average Bonchev–Trinajstić information content (AvgIpc) is 2.75. The van der Waals surface area contributed by atoms with Crippen molar-refractivity contribution in [3.8, 4) is 11.3 Å². The molecule has 2 atom stereocenters. The van der Waals surface area contributed by atoms with Gasteiger partial charge in [0.05, 0.1) is 17.4 Å². The standard InChI is InChI=1S/C22H20ClFN4O2/c1-3-14-12-26-20(17-9-16(23)6-7-18(17)24)10-19(14)27-21(13(2)29)28-22(30)15-5-4-8-25-11-15/h3-13,21,29H,1H2,2H3,(H,26,27)(H,28,30)/t13-,21-/m0/s1. The Balaban J connectivity index is 1.91. The van der Waals surface area contributed by atoms with Gasteiger partial charge in [-0.1, -0.05) is 24.3 Å². The number of hydrogen-bond acceptors (Lipinski definition) is 5. The number of pyridine rings is 2. The van der Waals surface area contributed by atoms with Crippen molar-refractivity contribution in [2.45, 2.75) is 19.2 Å². The van der Waals surface area contributed by atoms with Crippen LogP contribution in [0.25, 0.3) is 17.3 Å². The van der Waals surface area contributed by atoms with Gasteiger partial charge < -0.3 is 15.7 Å². The zero-order valence-electron chi connectivity index (χ0n) is 16.1. The maximum Gasteiger partial charge on any atom is 0.254 e. The zero-order valence-corrected chi connectivity index (χ0v) is 16.9. The van der Waals surface area contributed by atoms with Crippen LogP contribution < -0.4 is 10.6 Å². The van der Waals surface area contributed by atoms with E-state index in [1.807, 2.05) is 0 Å². The number of aromatic nitrogens is 2. The topological polar surface area (TPSA) is 87.1 Å². The lowest BCUT2D eigenvalue weighted by atomic mass is 10.1. The van der Waals surface area contributed by atoms with E-state index in [1.54, 1.807) is 30.5 Å². The number of nitrogens with one attached hydrogen (secondary N) is 2. The van der Waals surface area contributed by atoms with Gasteiger partial charge in [0.2, 0.25) is 0 Å². The van der Waals surface area contributed by atoms with Gasteiger partial charge in [0, 0.05) is 40.4 Å². The Kier molecular flexibility index (Phi) is 6.76. The minimum atomic E-state index is -0.942. The molecule has 1 aromatic carbocycles. The Morgan fingerprint density at radius 3 is 2.77 bits per heavy atom. The summed E-state index contributed by atoms with van der Waals surface area (Å²) in [7, 11) is 0. The second-order valence-electron chi connectivity index (χ2n) is 6.56. The number of aliphatic hydroxyl groups is 1. The number of halogens is 2. The Labute approximate surface area is 178 Å². The third-order valence-electron chi connectivity index (χ3n) is 4.36. The zero-order chi connectivity index (χ0) is 21.7. The number of rotatable bonds is 7. The lowest BCUT2D eigenvalue weighted by Crippen LogP contribution is -2.47. The summed E-state index contributed by atoms with van der Waals surface area (Å²) in [5.74, 6) is -0.877. The van der Waals surface area contributed by atoms with Crippen LogP contribution >= 0.6 is 11.6 Å². The van der Waals surface area contributed by atoms with Gasteiger partial charge in [-0.05, 0) is 43.3 Å². The minimum absolute atomic E-state index is 0.231. The van der Waals surface area contributed by atoms with Crippen molar-refractivity contribution >= 4 is 29.3 Å². The van der Waals surface area contributed by atoms with E-state index in [0.29, 0.717) is 27.5 Å². The molecule has 2 heterocycles. The van der Waals surface area contributed by atoms with Gasteiger partial charge in [0.25, 0.3) is 5.91 Å². The van der Waals surface area contributed by atoms with Gasteiger partial charge in [-0.2, -0.15) is 0 Å². The van der Waals surface area contributed by atoms with Crippen molar-refractivity contribution in [1.29, 1.82) is 0 Å². The lowest BCUT2D eigenvalue weighted by Gasteiger charge is -2.25. The van der Waals surface area contributed by atoms with Crippen molar-refractivity contribution in [2.75, 3.05) is 5.32 Å². The van der Waals surface area contributed by atoms with Gasteiger partial charge in [-0.15, -0.1) is 0 Å². The molecular weight excluding hydrogens is 407 g/mol. The number of carbonyl (C=O) groups excluding carboxylic acids is 1. The van der Waals surface area contributed by atoms with Gasteiger partial charge >= 0.3 is 0 Å². The van der Waals surface area contributed by atoms with Crippen LogP contribution in [0.3, 0.4) is 0 Å². The molecule has 0 aliphatic carbocycles. The smallest absolute Gasteiger partial charge is 0.254 e. The fourth-order valence-electron chi connectivity index (χ4n) is 2.76. The summed E-state index contributed by atoms with van der Waals surface area (Å²) in [4.78, 5) is 20.7. The van der Waals surface area contributed by atoms with E-state index in [2.05, 4.69) is 27.2 Å². The monoisotopic (exact) mass is 426 g/mol. The van der Waals surface area contributed by atoms with Crippen LogP contribution in [0.1, 0.15) is 22.8 Å². The predicted octanol–water partition coefficient (Wildman–Crippen LogP) is 4.13. The second kappa shape index (κ2) is 9.47. The summed E-state index contributed by atoms with van der Waals surface area (Å²) in [6.45, 7) is 5.29. The van der Waals surface area contributed by atoms with Crippen molar-refractivity contribution in [3.63, 3.8) is 0 Å². The summed E-state index contributed by atoms with van der Waals surface area (Å²) < 4.78 is 14.3. The molecule has 0 unspecified atom stereocenters.